The third kappa shape index (κ3) is 4.58. The summed E-state index contributed by atoms with van der Waals surface area (Å²) < 4.78 is 26.8. The molecule has 0 bridgehead atoms. The molecule has 0 aromatic heterocycles. The van der Waals surface area contributed by atoms with Crippen molar-refractivity contribution in [2.24, 2.45) is 0 Å². The van der Waals surface area contributed by atoms with Gasteiger partial charge in [-0.2, -0.15) is 4.31 Å². The summed E-state index contributed by atoms with van der Waals surface area (Å²) in [5.74, 6) is -0.0646. The fraction of sp³-hybridized carbons (Fsp3) is 0.588. The van der Waals surface area contributed by atoms with Gasteiger partial charge in [0.1, 0.15) is 26.2 Å². The molecule has 2 heterocycles. The first-order valence-electron chi connectivity index (χ1n) is 9.00. The number of amides is 1. The molecule has 1 aromatic rings. The predicted molar refractivity (Wildman–Crippen MR) is 95.2 cm³/mol. The molecule has 0 spiro atoms. The highest BCUT2D eigenvalue weighted by Gasteiger charge is 2.27. The molecule has 2 saturated heterocycles. The Morgan fingerprint density at radius 1 is 1.16 bits per heavy atom. The number of quaternary nitrogens is 2. The van der Waals surface area contributed by atoms with Crippen molar-refractivity contribution in [2.45, 2.75) is 17.7 Å². The number of nitrogens with zero attached hydrogens (tertiary/aromatic N) is 1. The molecule has 2 aliphatic heterocycles. The molecule has 0 atom stereocenters. The van der Waals surface area contributed by atoms with Gasteiger partial charge in [-0.25, -0.2) is 8.42 Å². The Morgan fingerprint density at radius 3 is 2.52 bits per heavy atom. The van der Waals surface area contributed by atoms with E-state index in [-0.39, 0.29) is 10.8 Å². The van der Waals surface area contributed by atoms with Crippen LogP contribution in [0.3, 0.4) is 0 Å². The number of carbonyl (C=O) groups excluding carboxylic acids is 1. The monoisotopic (exact) mass is 368 g/mol. The summed E-state index contributed by atoms with van der Waals surface area (Å²) in [6, 6.07) is 6.59. The van der Waals surface area contributed by atoms with Crippen LogP contribution < -0.4 is 15.1 Å². The van der Waals surface area contributed by atoms with Crippen molar-refractivity contribution in [1.29, 1.82) is 0 Å². The maximum atomic E-state index is 12.6. The van der Waals surface area contributed by atoms with Gasteiger partial charge in [-0.15, -0.1) is 0 Å². The molecule has 2 fully saturated rings. The average Bonchev–Trinajstić information content (AvgIpc) is 3.12. The summed E-state index contributed by atoms with van der Waals surface area (Å²) in [6.07, 6.45) is 1.82. The van der Waals surface area contributed by atoms with Gasteiger partial charge in [0.15, 0.2) is 6.54 Å². The number of benzene rings is 1. The fourth-order valence-electron chi connectivity index (χ4n) is 3.45. The minimum Gasteiger partial charge on any atom is -0.328 e. The number of hydrogen-bond donors (Lipinski definition) is 3. The summed E-state index contributed by atoms with van der Waals surface area (Å²) in [7, 11) is -1.29. The minimum atomic E-state index is -3.46. The van der Waals surface area contributed by atoms with E-state index < -0.39 is 10.0 Å². The van der Waals surface area contributed by atoms with E-state index in [2.05, 4.69) is 12.4 Å². The fourth-order valence-corrected chi connectivity index (χ4v) is 5.01. The summed E-state index contributed by atoms with van der Waals surface area (Å²) >= 11 is 0. The normalized spacial score (nSPS) is 25.0. The molecule has 3 N–H and O–H groups in total. The second-order valence-corrected chi connectivity index (χ2v) is 9.01. The van der Waals surface area contributed by atoms with Crippen LogP contribution >= 0.6 is 0 Å². The van der Waals surface area contributed by atoms with Crippen molar-refractivity contribution >= 4 is 21.6 Å². The van der Waals surface area contributed by atoms with Crippen LogP contribution in [0.1, 0.15) is 12.8 Å². The first kappa shape index (κ1) is 18.3. The molecule has 1 aromatic carbocycles. The van der Waals surface area contributed by atoms with Crippen LogP contribution in [0.15, 0.2) is 29.2 Å². The zero-order chi connectivity index (χ0) is 17.9. The molecule has 8 heteroatoms. The Kier molecular flexibility index (Phi) is 5.73. The maximum Gasteiger partial charge on any atom is 0.279 e. The van der Waals surface area contributed by atoms with E-state index in [4.69, 9.17) is 0 Å². The third-order valence-electron chi connectivity index (χ3n) is 5.04. The third-order valence-corrected chi connectivity index (χ3v) is 6.94. The Bertz CT molecular complexity index is 708. The van der Waals surface area contributed by atoms with Crippen LogP contribution in [0.4, 0.5) is 5.69 Å². The molecule has 2 aliphatic rings. The lowest BCUT2D eigenvalue weighted by Crippen LogP contribution is -3.27. The number of carbonyl (C=O) groups is 1. The van der Waals surface area contributed by atoms with E-state index in [0.717, 1.165) is 39.0 Å². The van der Waals surface area contributed by atoms with E-state index in [1.807, 2.05) is 0 Å². The van der Waals surface area contributed by atoms with Gasteiger partial charge < -0.3 is 15.1 Å². The van der Waals surface area contributed by atoms with E-state index >= 15 is 0 Å². The number of hydrogen-bond acceptors (Lipinski definition) is 3. The van der Waals surface area contributed by atoms with Gasteiger partial charge >= 0.3 is 0 Å². The van der Waals surface area contributed by atoms with Gasteiger partial charge in [0.25, 0.3) is 5.91 Å². The molecular weight excluding hydrogens is 340 g/mol. The van der Waals surface area contributed by atoms with Crippen molar-refractivity contribution in [3.05, 3.63) is 24.3 Å². The van der Waals surface area contributed by atoms with Gasteiger partial charge in [0.05, 0.1) is 11.9 Å². The van der Waals surface area contributed by atoms with Crippen LogP contribution in [0, 0.1) is 0 Å². The van der Waals surface area contributed by atoms with Crippen LogP contribution in [0.2, 0.25) is 0 Å². The number of sulfonamides is 1. The zero-order valence-corrected chi connectivity index (χ0v) is 15.6. The van der Waals surface area contributed by atoms with Crippen molar-refractivity contribution in [2.75, 3.05) is 58.2 Å². The summed E-state index contributed by atoms with van der Waals surface area (Å²) in [4.78, 5) is 15.3. The highest BCUT2D eigenvalue weighted by atomic mass is 32.2. The lowest BCUT2D eigenvalue weighted by Gasteiger charge is -2.26. The SMILES string of the molecule is C[NH+]1CC[NH+](CC(=O)Nc2cccc(S(=O)(=O)N3CCCC3)c2)CC1. The molecule has 25 heavy (non-hydrogen) atoms. The van der Waals surface area contributed by atoms with Crippen molar-refractivity contribution in [1.82, 2.24) is 4.31 Å². The number of rotatable bonds is 5. The van der Waals surface area contributed by atoms with Crippen molar-refractivity contribution < 1.29 is 23.0 Å². The van der Waals surface area contributed by atoms with Crippen LogP contribution in [0.25, 0.3) is 0 Å². The Labute approximate surface area is 149 Å². The molecule has 138 valence electrons. The van der Waals surface area contributed by atoms with E-state index in [1.165, 1.54) is 14.1 Å². The van der Waals surface area contributed by atoms with E-state index in [9.17, 15) is 13.2 Å². The Morgan fingerprint density at radius 2 is 1.84 bits per heavy atom. The van der Waals surface area contributed by atoms with E-state index in [1.54, 1.807) is 24.3 Å². The molecule has 3 rings (SSSR count). The largest absolute Gasteiger partial charge is 0.328 e. The van der Waals surface area contributed by atoms with Crippen LogP contribution in [-0.2, 0) is 14.8 Å². The topological polar surface area (TPSA) is 75.4 Å². The quantitative estimate of drug-likeness (QED) is 0.553. The first-order chi connectivity index (χ1) is 11.9. The second-order valence-electron chi connectivity index (χ2n) is 7.07. The Balaban J connectivity index is 1.62. The van der Waals surface area contributed by atoms with Gasteiger partial charge in [-0.1, -0.05) is 6.07 Å². The molecule has 1 amide bonds. The molecule has 0 aliphatic carbocycles. The smallest absolute Gasteiger partial charge is 0.279 e. The lowest BCUT2D eigenvalue weighted by atomic mass is 10.3. The molecule has 0 unspecified atom stereocenters. The van der Waals surface area contributed by atoms with Crippen molar-refractivity contribution in [3.8, 4) is 0 Å². The zero-order valence-electron chi connectivity index (χ0n) is 14.8. The number of piperazine rings is 1. The Hall–Kier alpha value is -1.48. The second kappa shape index (κ2) is 7.82. The summed E-state index contributed by atoms with van der Waals surface area (Å²) in [5, 5.41) is 2.85. The highest BCUT2D eigenvalue weighted by Crippen LogP contribution is 2.22. The number of anilines is 1. The predicted octanol–water partition coefficient (Wildman–Crippen LogP) is -2.18. The van der Waals surface area contributed by atoms with Gasteiger partial charge in [-0.05, 0) is 31.0 Å². The standard InChI is InChI=1S/C17H26N4O3S/c1-19-9-11-20(12-10-19)14-17(22)18-15-5-4-6-16(13-15)25(23,24)21-7-2-3-8-21/h4-6,13H,2-3,7-12,14H2,1H3,(H,18,22)/p+2. The number of nitrogens with one attached hydrogen (secondary N) is 3. The van der Waals surface area contributed by atoms with Gasteiger partial charge in [0, 0.05) is 18.8 Å². The van der Waals surface area contributed by atoms with E-state index in [0.29, 0.717) is 25.3 Å². The van der Waals surface area contributed by atoms with Crippen LogP contribution in [-0.4, -0.2) is 71.5 Å². The molecule has 0 radical (unpaired) electrons. The van der Waals surface area contributed by atoms with Crippen molar-refractivity contribution in [3.63, 3.8) is 0 Å². The van der Waals surface area contributed by atoms with Crippen LogP contribution in [0.5, 0.6) is 0 Å². The first-order valence-corrected chi connectivity index (χ1v) is 10.4. The average molecular weight is 369 g/mol. The maximum absolute atomic E-state index is 12.6. The molecular formula is C17H28N4O3S+2. The minimum absolute atomic E-state index is 0.0646. The highest BCUT2D eigenvalue weighted by molar-refractivity contribution is 7.89. The summed E-state index contributed by atoms with van der Waals surface area (Å²) in [6.45, 7) is 5.71. The lowest BCUT2D eigenvalue weighted by molar-refractivity contribution is -0.999. The summed E-state index contributed by atoms with van der Waals surface area (Å²) in [5.41, 5.74) is 0.546. The number of likely N-dealkylation sites (N-methyl/N-ethyl adjacent to an activating group) is 1. The molecule has 0 saturated carbocycles. The molecule has 7 nitrogen and oxygen atoms in total. The van der Waals surface area contributed by atoms with Gasteiger partial charge in [0.2, 0.25) is 10.0 Å². The van der Waals surface area contributed by atoms with Gasteiger partial charge in [-0.3, -0.25) is 4.79 Å².